The molecule has 0 atom stereocenters. The predicted octanol–water partition coefficient (Wildman–Crippen LogP) is 1.71. The van der Waals surface area contributed by atoms with Crippen molar-refractivity contribution in [1.29, 1.82) is 0 Å². The molecule has 0 bridgehead atoms. The van der Waals surface area contributed by atoms with E-state index in [1.165, 1.54) is 10.6 Å². The van der Waals surface area contributed by atoms with E-state index in [0.29, 0.717) is 38.3 Å². The van der Waals surface area contributed by atoms with Crippen LogP contribution >= 0.6 is 0 Å². The lowest BCUT2D eigenvalue weighted by atomic mass is 10.1. The van der Waals surface area contributed by atoms with Crippen LogP contribution in [0.25, 0.3) is 10.8 Å². The molecule has 0 radical (unpaired) electrons. The summed E-state index contributed by atoms with van der Waals surface area (Å²) in [6.45, 7) is 1.67. The molecular weight excluding hydrogens is 340 g/mol. The van der Waals surface area contributed by atoms with Crippen LogP contribution in [0, 0.1) is 0 Å². The first-order chi connectivity index (χ1) is 11.9. The fourth-order valence-electron chi connectivity index (χ4n) is 3.03. The maximum absolute atomic E-state index is 12.4. The summed E-state index contributed by atoms with van der Waals surface area (Å²) < 4.78 is 30.5. The lowest BCUT2D eigenvalue weighted by Gasteiger charge is -2.21. The van der Waals surface area contributed by atoms with Gasteiger partial charge in [0.15, 0.2) is 6.61 Å². The number of amides is 1. The number of fused-ring (bicyclic) bond motifs is 1. The molecule has 2 aromatic carbocycles. The van der Waals surface area contributed by atoms with Gasteiger partial charge in [-0.2, -0.15) is 0 Å². The first-order valence-electron chi connectivity index (χ1n) is 8.28. The van der Waals surface area contributed by atoms with Gasteiger partial charge in [-0.15, -0.1) is 0 Å². The van der Waals surface area contributed by atoms with Crippen LogP contribution in [0.15, 0.2) is 42.5 Å². The highest BCUT2D eigenvalue weighted by Gasteiger charge is 2.24. The Morgan fingerprint density at radius 2 is 1.80 bits per heavy atom. The molecule has 0 spiro atoms. The van der Waals surface area contributed by atoms with E-state index in [0.717, 1.165) is 10.8 Å². The SMILES string of the molecule is CS(=O)(=O)N1CCCN(C(=O)COc2cccc3ccccc23)CC1. The standard InChI is InChI=1S/C18H22N2O4S/c1-25(22,23)20-11-5-10-19(12-13-20)18(21)14-24-17-9-4-7-15-6-2-3-8-16(15)17/h2-4,6-9H,5,10-14H2,1H3. The van der Waals surface area contributed by atoms with E-state index in [-0.39, 0.29) is 12.5 Å². The molecule has 1 heterocycles. The van der Waals surface area contributed by atoms with Crippen LogP contribution in [-0.4, -0.2) is 62.6 Å². The number of carbonyl (C=O) groups is 1. The number of benzene rings is 2. The number of ether oxygens (including phenoxy) is 1. The quantitative estimate of drug-likeness (QED) is 0.830. The zero-order valence-electron chi connectivity index (χ0n) is 14.2. The summed E-state index contributed by atoms with van der Waals surface area (Å²) in [5.41, 5.74) is 0. The Labute approximate surface area is 148 Å². The second kappa shape index (κ2) is 7.41. The Kier molecular flexibility index (Phi) is 5.24. The van der Waals surface area contributed by atoms with Crippen molar-refractivity contribution in [2.24, 2.45) is 0 Å². The zero-order chi connectivity index (χ0) is 17.9. The number of hydrogen-bond donors (Lipinski definition) is 0. The summed E-state index contributed by atoms with van der Waals surface area (Å²) in [6.07, 6.45) is 1.83. The largest absolute Gasteiger partial charge is 0.483 e. The van der Waals surface area contributed by atoms with Crippen LogP contribution in [0.5, 0.6) is 5.75 Å². The van der Waals surface area contributed by atoms with Gasteiger partial charge in [0.1, 0.15) is 5.75 Å². The number of sulfonamides is 1. The molecule has 0 saturated carbocycles. The molecule has 3 rings (SSSR count). The molecule has 25 heavy (non-hydrogen) atoms. The van der Waals surface area contributed by atoms with Crippen LogP contribution in [0.2, 0.25) is 0 Å². The van der Waals surface area contributed by atoms with Crippen molar-refractivity contribution >= 4 is 26.7 Å². The molecule has 0 N–H and O–H groups in total. The van der Waals surface area contributed by atoms with Crippen LogP contribution in [0.3, 0.4) is 0 Å². The van der Waals surface area contributed by atoms with Gasteiger partial charge < -0.3 is 9.64 Å². The fraction of sp³-hybridized carbons (Fsp3) is 0.389. The lowest BCUT2D eigenvalue weighted by molar-refractivity contribution is -0.133. The van der Waals surface area contributed by atoms with Crippen molar-refractivity contribution < 1.29 is 17.9 Å². The van der Waals surface area contributed by atoms with Gasteiger partial charge >= 0.3 is 0 Å². The molecule has 6 nitrogen and oxygen atoms in total. The highest BCUT2D eigenvalue weighted by molar-refractivity contribution is 7.88. The maximum atomic E-state index is 12.4. The van der Waals surface area contributed by atoms with Gasteiger partial charge in [-0.05, 0) is 17.9 Å². The summed E-state index contributed by atoms with van der Waals surface area (Å²) in [6, 6.07) is 13.6. The van der Waals surface area contributed by atoms with Crippen LogP contribution < -0.4 is 4.74 Å². The molecule has 0 unspecified atom stereocenters. The molecule has 1 amide bonds. The van der Waals surface area contributed by atoms with Gasteiger partial charge in [0, 0.05) is 31.6 Å². The van der Waals surface area contributed by atoms with E-state index >= 15 is 0 Å². The minimum absolute atomic E-state index is 0.0487. The number of nitrogens with zero attached hydrogens (tertiary/aromatic N) is 2. The average molecular weight is 362 g/mol. The summed E-state index contributed by atoms with van der Waals surface area (Å²) in [7, 11) is -3.21. The van der Waals surface area contributed by atoms with Crippen molar-refractivity contribution in [2.75, 3.05) is 39.0 Å². The lowest BCUT2D eigenvalue weighted by Crippen LogP contribution is -2.39. The van der Waals surface area contributed by atoms with Crippen molar-refractivity contribution in [3.63, 3.8) is 0 Å². The van der Waals surface area contributed by atoms with Gasteiger partial charge in [-0.3, -0.25) is 4.79 Å². The number of hydrogen-bond acceptors (Lipinski definition) is 4. The van der Waals surface area contributed by atoms with Crippen molar-refractivity contribution in [3.8, 4) is 5.75 Å². The molecule has 134 valence electrons. The molecule has 1 aliphatic heterocycles. The van der Waals surface area contributed by atoms with Gasteiger partial charge in [-0.1, -0.05) is 36.4 Å². The third-order valence-electron chi connectivity index (χ3n) is 4.38. The third-order valence-corrected chi connectivity index (χ3v) is 5.68. The third kappa shape index (κ3) is 4.29. The molecule has 0 aromatic heterocycles. The topological polar surface area (TPSA) is 66.9 Å². The molecule has 1 saturated heterocycles. The van der Waals surface area contributed by atoms with Gasteiger partial charge in [-0.25, -0.2) is 12.7 Å². The summed E-state index contributed by atoms with van der Waals surface area (Å²) in [5.74, 6) is 0.558. The Balaban J connectivity index is 1.62. The molecule has 1 fully saturated rings. The average Bonchev–Trinajstić information content (AvgIpc) is 2.86. The fourth-order valence-corrected chi connectivity index (χ4v) is 3.90. The first kappa shape index (κ1) is 17.7. The monoisotopic (exact) mass is 362 g/mol. The smallest absolute Gasteiger partial charge is 0.260 e. The normalized spacial score (nSPS) is 16.6. The summed E-state index contributed by atoms with van der Waals surface area (Å²) in [4.78, 5) is 14.1. The van der Waals surface area contributed by atoms with E-state index in [4.69, 9.17) is 4.74 Å². The second-order valence-corrected chi connectivity index (χ2v) is 8.14. The Morgan fingerprint density at radius 3 is 2.60 bits per heavy atom. The maximum Gasteiger partial charge on any atom is 0.260 e. The van der Waals surface area contributed by atoms with E-state index in [9.17, 15) is 13.2 Å². The molecule has 7 heteroatoms. The van der Waals surface area contributed by atoms with Gasteiger partial charge in [0.2, 0.25) is 10.0 Å². The highest BCUT2D eigenvalue weighted by Crippen LogP contribution is 2.25. The van der Waals surface area contributed by atoms with E-state index in [1.807, 2.05) is 42.5 Å². The van der Waals surface area contributed by atoms with Crippen LogP contribution in [0.1, 0.15) is 6.42 Å². The van der Waals surface area contributed by atoms with E-state index in [2.05, 4.69) is 0 Å². The van der Waals surface area contributed by atoms with E-state index in [1.54, 1.807) is 4.90 Å². The van der Waals surface area contributed by atoms with Crippen LogP contribution in [0.4, 0.5) is 0 Å². The molecule has 1 aliphatic rings. The summed E-state index contributed by atoms with van der Waals surface area (Å²) in [5, 5.41) is 2.03. The molecular formula is C18H22N2O4S. The number of carbonyl (C=O) groups excluding carboxylic acids is 1. The van der Waals surface area contributed by atoms with E-state index < -0.39 is 10.0 Å². The summed E-state index contributed by atoms with van der Waals surface area (Å²) >= 11 is 0. The Morgan fingerprint density at radius 1 is 1.04 bits per heavy atom. The first-order valence-corrected chi connectivity index (χ1v) is 10.1. The van der Waals surface area contributed by atoms with Crippen molar-refractivity contribution in [2.45, 2.75) is 6.42 Å². The van der Waals surface area contributed by atoms with Crippen molar-refractivity contribution in [1.82, 2.24) is 9.21 Å². The number of rotatable bonds is 4. The highest BCUT2D eigenvalue weighted by atomic mass is 32.2. The van der Waals surface area contributed by atoms with Gasteiger partial charge in [0.05, 0.1) is 6.26 Å². The molecule has 2 aromatic rings. The van der Waals surface area contributed by atoms with Gasteiger partial charge in [0.25, 0.3) is 5.91 Å². The predicted molar refractivity (Wildman–Crippen MR) is 97.1 cm³/mol. The minimum Gasteiger partial charge on any atom is -0.483 e. The zero-order valence-corrected chi connectivity index (χ0v) is 15.0. The Bertz CT molecular complexity index is 861. The molecule has 0 aliphatic carbocycles. The van der Waals surface area contributed by atoms with Crippen LogP contribution in [-0.2, 0) is 14.8 Å². The Hall–Kier alpha value is -2.12. The minimum atomic E-state index is -3.21. The second-order valence-electron chi connectivity index (χ2n) is 6.16. The van der Waals surface area contributed by atoms with Crippen molar-refractivity contribution in [3.05, 3.63) is 42.5 Å².